The van der Waals surface area contributed by atoms with Crippen LogP contribution in [0.5, 0.6) is 5.75 Å². The number of likely N-dealkylation sites (tertiary alicyclic amines) is 1. The second-order valence-corrected chi connectivity index (χ2v) is 6.52. The van der Waals surface area contributed by atoms with Crippen LogP contribution in [0.1, 0.15) is 30.6 Å². The molecule has 1 aliphatic heterocycles. The highest BCUT2D eigenvalue weighted by molar-refractivity contribution is 5.95. The van der Waals surface area contributed by atoms with Gasteiger partial charge in [0.15, 0.2) is 0 Å². The van der Waals surface area contributed by atoms with Gasteiger partial charge < -0.3 is 15.2 Å². The number of aliphatic hydroxyl groups excluding tert-OH is 1. The molecule has 0 spiro atoms. The van der Waals surface area contributed by atoms with Crippen molar-refractivity contribution >= 4 is 11.6 Å². The zero-order valence-corrected chi connectivity index (χ0v) is 14.9. The Bertz CT molecular complexity index is 777. The van der Waals surface area contributed by atoms with E-state index in [9.17, 15) is 14.3 Å². The van der Waals surface area contributed by atoms with Gasteiger partial charge in [0.1, 0.15) is 11.6 Å². The van der Waals surface area contributed by atoms with Crippen molar-refractivity contribution in [1.29, 1.82) is 0 Å². The van der Waals surface area contributed by atoms with Crippen LogP contribution in [0.15, 0.2) is 42.5 Å². The molecule has 1 saturated heterocycles. The highest BCUT2D eigenvalue weighted by atomic mass is 19.1. The molecule has 1 amide bonds. The molecule has 2 aromatic carbocycles. The van der Waals surface area contributed by atoms with Gasteiger partial charge in [0.05, 0.1) is 19.3 Å². The van der Waals surface area contributed by atoms with Gasteiger partial charge in [-0.05, 0) is 49.2 Å². The molecule has 2 unspecified atom stereocenters. The molecule has 2 N–H and O–H groups in total. The number of benzene rings is 2. The third-order valence-corrected chi connectivity index (χ3v) is 4.69. The van der Waals surface area contributed by atoms with Crippen LogP contribution in [0.2, 0.25) is 0 Å². The first kappa shape index (κ1) is 18.4. The van der Waals surface area contributed by atoms with E-state index in [-0.39, 0.29) is 17.5 Å². The Morgan fingerprint density at radius 1 is 1.35 bits per heavy atom. The lowest BCUT2D eigenvalue weighted by Crippen LogP contribution is -2.53. The molecule has 0 bridgehead atoms. The Kier molecular flexibility index (Phi) is 5.54. The number of nitrogens with one attached hydrogen (secondary N) is 1. The summed E-state index contributed by atoms with van der Waals surface area (Å²) in [6.07, 6.45) is -0.144. The zero-order valence-electron chi connectivity index (χ0n) is 14.9. The van der Waals surface area contributed by atoms with Crippen LogP contribution in [0.4, 0.5) is 10.1 Å². The molecule has 0 radical (unpaired) electrons. The number of carbonyl (C=O) groups excluding carboxylic acids is 1. The normalized spacial score (nSPS) is 18.1. The number of anilines is 1. The SMILES string of the molecule is COc1ccc(CN2CCC2C(=O)Nc2ccc(F)c(C(C)O)c2)cc1. The minimum atomic E-state index is -0.929. The second-order valence-electron chi connectivity index (χ2n) is 6.52. The van der Waals surface area contributed by atoms with Gasteiger partial charge in [-0.1, -0.05) is 12.1 Å². The molecule has 0 saturated carbocycles. The molecule has 0 aromatic heterocycles. The summed E-state index contributed by atoms with van der Waals surface area (Å²) in [5.74, 6) is 0.201. The van der Waals surface area contributed by atoms with E-state index in [4.69, 9.17) is 4.74 Å². The van der Waals surface area contributed by atoms with E-state index < -0.39 is 11.9 Å². The summed E-state index contributed by atoms with van der Waals surface area (Å²) in [5.41, 5.74) is 1.77. The van der Waals surface area contributed by atoms with Crippen molar-refractivity contribution in [3.63, 3.8) is 0 Å². The molecule has 2 atom stereocenters. The fourth-order valence-corrected chi connectivity index (χ4v) is 3.06. The molecule has 3 rings (SSSR count). The van der Waals surface area contributed by atoms with Crippen molar-refractivity contribution < 1.29 is 19.0 Å². The van der Waals surface area contributed by atoms with Gasteiger partial charge in [-0.3, -0.25) is 9.69 Å². The van der Waals surface area contributed by atoms with Crippen LogP contribution in [0.25, 0.3) is 0 Å². The summed E-state index contributed by atoms with van der Waals surface area (Å²) >= 11 is 0. The fraction of sp³-hybridized carbons (Fsp3) is 0.350. The number of aliphatic hydroxyl groups is 1. The van der Waals surface area contributed by atoms with Gasteiger partial charge in [0.25, 0.3) is 0 Å². The van der Waals surface area contributed by atoms with E-state index in [1.54, 1.807) is 7.11 Å². The monoisotopic (exact) mass is 358 g/mol. The maximum absolute atomic E-state index is 13.7. The first-order chi connectivity index (χ1) is 12.5. The molecule has 6 heteroatoms. The minimum absolute atomic E-state index is 0.118. The Balaban J connectivity index is 1.62. The van der Waals surface area contributed by atoms with Crippen LogP contribution in [-0.2, 0) is 11.3 Å². The summed E-state index contributed by atoms with van der Waals surface area (Å²) in [5, 5.41) is 12.4. The Morgan fingerprint density at radius 2 is 2.08 bits per heavy atom. The third-order valence-electron chi connectivity index (χ3n) is 4.69. The quantitative estimate of drug-likeness (QED) is 0.833. The van der Waals surface area contributed by atoms with Crippen LogP contribution in [-0.4, -0.2) is 35.6 Å². The third kappa shape index (κ3) is 4.03. The molecule has 1 heterocycles. The Labute approximate surface area is 152 Å². The van der Waals surface area contributed by atoms with Crippen molar-refractivity contribution in [3.05, 3.63) is 59.4 Å². The lowest BCUT2D eigenvalue weighted by molar-refractivity contribution is -0.125. The topological polar surface area (TPSA) is 61.8 Å². The van der Waals surface area contributed by atoms with Crippen LogP contribution < -0.4 is 10.1 Å². The van der Waals surface area contributed by atoms with Crippen molar-refractivity contribution in [1.82, 2.24) is 4.90 Å². The van der Waals surface area contributed by atoms with Crippen molar-refractivity contribution in [3.8, 4) is 5.75 Å². The number of methoxy groups -OCH3 is 1. The van der Waals surface area contributed by atoms with E-state index >= 15 is 0 Å². The lowest BCUT2D eigenvalue weighted by atomic mass is 10.0. The Hall–Kier alpha value is -2.44. The summed E-state index contributed by atoms with van der Waals surface area (Å²) in [7, 11) is 1.63. The number of rotatable bonds is 6. The van der Waals surface area contributed by atoms with E-state index in [2.05, 4.69) is 10.2 Å². The number of amides is 1. The van der Waals surface area contributed by atoms with Gasteiger partial charge >= 0.3 is 0 Å². The van der Waals surface area contributed by atoms with Crippen LogP contribution in [0, 0.1) is 5.82 Å². The highest BCUT2D eigenvalue weighted by Gasteiger charge is 2.34. The Morgan fingerprint density at radius 3 is 2.65 bits per heavy atom. The predicted molar refractivity (Wildman–Crippen MR) is 97.5 cm³/mol. The number of ether oxygens (including phenoxy) is 1. The predicted octanol–water partition coefficient (Wildman–Crippen LogP) is 3.10. The van der Waals surface area contributed by atoms with Crippen molar-refractivity contribution in [2.45, 2.75) is 32.0 Å². The summed E-state index contributed by atoms with van der Waals surface area (Å²) in [6, 6.07) is 11.8. The average Bonchev–Trinajstić information content (AvgIpc) is 2.60. The summed E-state index contributed by atoms with van der Waals surface area (Å²) < 4.78 is 18.8. The van der Waals surface area contributed by atoms with Crippen molar-refractivity contribution in [2.75, 3.05) is 19.0 Å². The maximum atomic E-state index is 13.7. The number of carbonyl (C=O) groups is 1. The first-order valence-electron chi connectivity index (χ1n) is 8.63. The molecular weight excluding hydrogens is 335 g/mol. The smallest absolute Gasteiger partial charge is 0.241 e. The van der Waals surface area contributed by atoms with Crippen LogP contribution >= 0.6 is 0 Å². The van der Waals surface area contributed by atoms with E-state index in [1.165, 1.54) is 25.1 Å². The van der Waals surface area contributed by atoms with E-state index in [0.29, 0.717) is 12.2 Å². The van der Waals surface area contributed by atoms with Gasteiger partial charge in [-0.25, -0.2) is 4.39 Å². The molecule has 138 valence electrons. The molecule has 1 fully saturated rings. The summed E-state index contributed by atoms with van der Waals surface area (Å²) in [4.78, 5) is 14.6. The van der Waals surface area contributed by atoms with Gasteiger partial charge in [0.2, 0.25) is 5.91 Å². The standard InChI is InChI=1S/C20H23FN2O3/c1-13(24)17-11-15(5-8-18(17)21)22-20(25)19-9-10-23(19)12-14-3-6-16(26-2)7-4-14/h3-8,11,13,19,24H,9-10,12H2,1-2H3,(H,22,25). The highest BCUT2D eigenvalue weighted by Crippen LogP contribution is 2.25. The van der Waals surface area contributed by atoms with E-state index in [1.807, 2.05) is 24.3 Å². The second kappa shape index (κ2) is 7.85. The first-order valence-corrected chi connectivity index (χ1v) is 8.63. The maximum Gasteiger partial charge on any atom is 0.241 e. The fourth-order valence-electron chi connectivity index (χ4n) is 3.06. The molecule has 5 nitrogen and oxygen atoms in total. The molecular formula is C20H23FN2O3. The summed E-state index contributed by atoms with van der Waals surface area (Å²) in [6.45, 7) is 3.03. The number of hydrogen-bond donors (Lipinski definition) is 2. The van der Waals surface area contributed by atoms with Crippen molar-refractivity contribution in [2.24, 2.45) is 0 Å². The molecule has 2 aromatic rings. The van der Waals surface area contributed by atoms with Gasteiger partial charge in [-0.15, -0.1) is 0 Å². The van der Waals surface area contributed by atoms with E-state index in [0.717, 1.165) is 24.3 Å². The molecule has 1 aliphatic rings. The average molecular weight is 358 g/mol. The van der Waals surface area contributed by atoms with Crippen LogP contribution in [0.3, 0.4) is 0 Å². The zero-order chi connectivity index (χ0) is 18.7. The lowest BCUT2D eigenvalue weighted by Gasteiger charge is -2.39. The largest absolute Gasteiger partial charge is 0.497 e. The van der Waals surface area contributed by atoms with Gasteiger partial charge in [-0.2, -0.15) is 0 Å². The minimum Gasteiger partial charge on any atom is -0.497 e. The number of halogens is 1. The van der Waals surface area contributed by atoms with Gasteiger partial charge in [0, 0.05) is 24.3 Å². The number of nitrogens with zero attached hydrogens (tertiary/aromatic N) is 1. The molecule has 26 heavy (non-hydrogen) atoms. The number of hydrogen-bond acceptors (Lipinski definition) is 4. The molecule has 0 aliphatic carbocycles.